The molecule has 0 amide bonds. The molecule has 3 nitrogen and oxygen atoms in total. The Morgan fingerprint density at radius 3 is 1.59 bits per heavy atom. The average Bonchev–Trinajstić information content (AvgIpc) is 2.87. The molecule has 3 aromatic rings. The first-order valence-corrected chi connectivity index (χ1v) is 12.0. The monoisotopic (exact) mass is 430 g/mol. The van der Waals surface area contributed by atoms with Gasteiger partial charge >= 0.3 is 0 Å². The average molecular weight is 431 g/mol. The van der Waals surface area contributed by atoms with Crippen LogP contribution in [0.4, 0.5) is 0 Å². The van der Waals surface area contributed by atoms with Gasteiger partial charge in [0.25, 0.3) is 0 Å². The van der Waals surface area contributed by atoms with E-state index in [9.17, 15) is 0 Å². The van der Waals surface area contributed by atoms with E-state index < -0.39 is 0 Å². The third-order valence-corrected chi connectivity index (χ3v) is 6.32. The van der Waals surface area contributed by atoms with Crippen LogP contribution >= 0.6 is 0 Å². The van der Waals surface area contributed by atoms with Gasteiger partial charge in [0.05, 0.1) is 12.6 Å². The van der Waals surface area contributed by atoms with Gasteiger partial charge in [-0.05, 0) is 43.1 Å². The molecule has 3 rings (SSSR count). The summed E-state index contributed by atoms with van der Waals surface area (Å²) >= 11 is 0. The number of hydrogen-bond acceptors (Lipinski definition) is 3. The number of rotatable bonds is 13. The van der Waals surface area contributed by atoms with E-state index >= 15 is 0 Å². The molecule has 0 N–H and O–H groups in total. The number of hydroxylamine groups is 2. The van der Waals surface area contributed by atoms with Crippen LogP contribution in [0.25, 0.3) is 0 Å². The highest BCUT2D eigenvalue weighted by atomic mass is 16.7. The fraction of sp³-hybridized carbons (Fsp3) is 0.379. The third kappa shape index (κ3) is 7.03. The lowest BCUT2D eigenvalue weighted by atomic mass is 9.88. The van der Waals surface area contributed by atoms with Gasteiger partial charge in [0, 0.05) is 19.0 Å². The molecular formula is C29H38N2O. The van der Waals surface area contributed by atoms with Crippen molar-refractivity contribution in [1.82, 2.24) is 9.96 Å². The van der Waals surface area contributed by atoms with Crippen LogP contribution in [0, 0.1) is 0 Å². The van der Waals surface area contributed by atoms with Gasteiger partial charge in [-0.15, -0.1) is 0 Å². The van der Waals surface area contributed by atoms with Gasteiger partial charge in [0.15, 0.2) is 0 Å². The lowest BCUT2D eigenvalue weighted by Crippen LogP contribution is -2.34. The summed E-state index contributed by atoms with van der Waals surface area (Å²) in [7, 11) is 0. The summed E-state index contributed by atoms with van der Waals surface area (Å²) in [6, 6.07) is 32.5. The summed E-state index contributed by atoms with van der Waals surface area (Å²) in [4.78, 5) is 8.81. The van der Waals surface area contributed by atoms with Crippen molar-refractivity contribution in [2.24, 2.45) is 0 Å². The van der Waals surface area contributed by atoms with Crippen molar-refractivity contribution in [3.8, 4) is 0 Å². The van der Waals surface area contributed by atoms with Crippen LogP contribution in [-0.2, 0) is 4.84 Å². The highest BCUT2D eigenvalue weighted by molar-refractivity contribution is 5.32. The zero-order chi connectivity index (χ0) is 22.6. The Bertz CT molecular complexity index is 826. The fourth-order valence-corrected chi connectivity index (χ4v) is 4.25. The topological polar surface area (TPSA) is 15.7 Å². The maximum atomic E-state index is 6.41. The van der Waals surface area contributed by atoms with Crippen molar-refractivity contribution in [2.75, 3.05) is 32.8 Å². The van der Waals surface area contributed by atoms with Crippen LogP contribution in [0.2, 0.25) is 0 Å². The maximum Gasteiger partial charge on any atom is 0.0812 e. The van der Waals surface area contributed by atoms with Gasteiger partial charge in [-0.1, -0.05) is 105 Å². The van der Waals surface area contributed by atoms with E-state index in [1.807, 2.05) is 0 Å². The Morgan fingerprint density at radius 1 is 0.656 bits per heavy atom. The first kappa shape index (κ1) is 24.2. The predicted octanol–water partition coefficient (Wildman–Crippen LogP) is 6.55. The van der Waals surface area contributed by atoms with Crippen LogP contribution in [0.5, 0.6) is 0 Å². The SMILES string of the molecule is CCN(CC)CCON(CCC(c1ccccc1)c1ccccc1)C(C)c1ccccc1. The van der Waals surface area contributed by atoms with Crippen LogP contribution in [0.3, 0.4) is 0 Å². The van der Waals surface area contributed by atoms with E-state index in [2.05, 4.69) is 122 Å². The molecule has 0 spiro atoms. The maximum absolute atomic E-state index is 6.41. The molecule has 1 unspecified atom stereocenters. The van der Waals surface area contributed by atoms with Crippen molar-refractivity contribution in [3.63, 3.8) is 0 Å². The van der Waals surface area contributed by atoms with Crippen molar-refractivity contribution >= 4 is 0 Å². The predicted molar refractivity (Wildman–Crippen MR) is 135 cm³/mol. The highest BCUT2D eigenvalue weighted by Gasteiger charge is 2.21. The molecule has 0 aromatic heterocycles. The normalized spacial score (nSPS) is 12.6. The molecule has 0 radical (unpaired) electrons. The minimum atomic E-state index is 0.195. The van der Waals surface area contributed by atoms with E-state index in [0.29, 0.717) is 12.5 Å². The second-order valence-electron chi connectivity index (χ2n) is 8.25. The molecule has 0 heterocycles. The fourth-order valence-electron chi connectivity index (χ4n) is 4.25. The van der Waals surface area contributed by atoms with E-state index in [1.54, 1.807) is 0 Å². The molecule has 0 aliphatic carbocycles. The first-order valence-electron chi connectivity index (χ1n) is 12.0. The summed E-state index contributed by atoms with van der Waals surface area (Å²) in [6.07, 6.45) is 0.996. The van der Waals surface area contributed by atoms with Gasteiger partial charge in [-0.25, -0.2) is 0 Å². The molecule has 0 saturated carbocycles. The molecule has 0 bridgehead atoms. The molecule has 3 aromatic carbocycles. The lowest BCUT2D eigenvalue weighted by Gasteiger charge is -2.31. The summed E-state index contributed by atoms with van der Waals surface area (Å²) < 4.78 is 0. The summed E-state index contributed by atoms with van der Waals surface area (Å²) in [6.45, 7) is 11.3. The van der Waals surface area contributed by atoms with Crippen molar-refractivity contribution in [2.45, 2.75) is 39.2 Å². The van der Waals surface area contributed by atoms with E-state index in [4.69, 9.17) is 4.84 Å². The number of likely N-dealkylation sites (N-methyl/N-ethyl adjacent to an activating group) is 1. The second kappa shape index (κ2) is 13.2. The van der Waals surface area contributed by atoms with Gasteiger partial charge < -0.3 is 4.90 Å². The lowest BCUT2D eigenvalue weighted by molar-refractivity contribution is -0.188. The number of benzene rings is 3. The van der Waals surface area contributed by atoms with Crippen LogP contribution in [-0.4, -0.2) is 42.7 Å². The van der Waals surface area contributed by atoms with Gasteiger partial charge in [0.1, 0.15) is 0 Å². The molecule has 0 aliphatic heterocycles. The smallest absolute Gasteiger partial charge is 0.0812 e. The first-order chi connectivity index (χ1) is 15.7. The van der Waals surface area contributed by atoms with Gasteiger partial charge in [-0.3, -0.25) is 4.84 Å². The number of hydrogen-bond donors (Lipinski definition) is 0. The Balaban J connectivity index is 1.75. The second-order valence-corrected chi connectivity index (χ2v) is 8.25. The number of nitrogens with zero attached hydrogens (tertiary/aromatic N) is 2. The Morgan fingerprint density at radius 2 is 1.12 bits per heavy atom. The standard InChI is InChI=1S/C29H38N2O/c1-4-30(5-2)23-24-32-31(25(3)26-15-9-6-10-16-26)22-21-29(27-17-11-7-12-18-27)28-19-13-8-14-20-28/h6-20,25,29H,4-5,21-24H2,1-3H3. The quantitative estimate of drug-likeness (QED) is 0.286. The highest BCUT2D eigenvalue weighted by Crippen LogP contribution is 2.30. The largest absolute Gasteiger partial charge is 0.302 e. The minimum Gasteiger partial charge on any atom is -0.302 e. The molecule has 3 heteroatoms. The zero-order valence-corrected chi connectivity index (χ0v) is 19.9. The molecule has 170 valence electrons. The van der Waals surface area contributed by atoms with Crippen LogP contribution in [0.15, 0.2) is 91.0 Å². The van der Waals surface area contributed by atoms with Crippen LogP contribution in [0.1, 0.15) is 55.8 Å². The zero-order valence-electron chi connectivity index (χ0n) is 19.9. The summed E-state index contributed by atoms with van der Waals surface area (Å²) in [5, 5.41) is 2.19. The molecule has 0 saturated heterocycles. The molecule has 1 atom stereocenters. The minimum absolute atomic E-state index is 0.195. The van der Waals surface area contributed by atoms with E-state index in [0.717, 1.165) is 32.6 Å². The Kier molecular flexibility index (Phi) is 9.96. The van der Waals surface area contributed by atoms with Gasteiger partial charge in [0.2, 0.25) is 0 Å². The summed E-state index contributed by atoms with van der Waals surface area (Å²) in [5.74, 6) is 0.342. The molecule has 0 aliphatic rings. The molecule has 0 fully saturated rings. The Labute approximate surface area is 194 Å². The molecule has 32 heavy (non-hydrogen) atoms. The van der Waals surface area contributed by atoms with Crippen LogP contribution < -0.4 is 0 Å². The van der Waals surface area contributed by atoms with E-state index in [-0.39, 0.29) is 6.04 Å². The third-order valence-electron chi connectivity index (χ3n) is 6.32. The van der Waals surface area contributed by atoms with Crippen molar-refractivity contribution in [1.29, 1.82) is 0 Å². The van der Waals surface area contributed by atoms with Gasteiger partial charge in [-0.2, -0.15) is 5.06 Å². The van der Waals surface area contributed by atoms with E-state index in [1.165, 1.54) is 16.7 Å². The van der Waals surface area contributed by atoms with Crippen molar-refractivity contribution in [3.05, 3.63) is 108 Å². The van der Waals surface area contributed by atoms with Crippen molar-refractivity contribution < 1.29 is 4.84 Å². The Hall–Kier alpha value is -2.46. The molecular weight excluding hydrogens is 392 g/mol. The summed E-state index contributed by atoms with van der Waals surface area (Å²) in [5.41, 5.74) is 4.00.